The van der Waals surface area contributed by atoms with Crippen LogP contribution in [0.2, 0.25) is 0 Å². The van der Waals surface area contributed by atoms with Crippen LogP contribution in [0.1, 0.15) is 44.3 Å². The number of hydrogen-bond acceptors (Lipinski definition) is 3. The maximum Gasteiger partial charge on any atom is 0.194 e. The van der Waals surface area contributed by atoms with Gasteiger partial charge in [0.2, 0.25) is 0 Å². The smallest absolute Gasteiger partial charge is 0.194 e. The van der Waals surface area contributed by atoms with Crippen LogP contribution in [0, 0.1) is 5.92 Å². The molecule has 1 aliphatic rings. The summed E-state index contributed by atoms with van der Waals surface area (Å²) in [5, 5.41) is 3.38. The Labute approximate surface area is 97.6 Å². The maximum atomic E-state index is 5.70. The van der Waals surface area contributed by atoms with Crippen LogP contribution in [0.25, 0.3) is 0 Å². The molecule has 2 rings (SSSR count). The van der Waals surface area contributed by atoms with Crippen LogP contribution in [0.4, 0.5) is 0 Å². The molecule has 1 heterocycles. The van der Waals surface area contributed by atoms with E-state index in [1.165, 1.54) is 19.3 Å². The van der Waals surface area contributed by atoms with Crippen LogP contribution < -0.4 is 5.32 Å². The summed E-state index contributed by atoms with van der Waals surface area (Å²) in [6.45, 7) is 4.36. The molecule has 16 heavy (non-hydrogen) atoms. The van der Waals surface area contributed by atoms with E-state index in [9.17, 15) is 0 Å². The van der Waals surface area contributed by atoms with Crippen molar-refractivity contribution in [1.82, 2.24) is 10.3 Å². The lowest BCUT2D eigenvalue weighted by molar-refractivity contribution is 0.439. The minimum absolute atomic E-state index is 0.882. The van der Waals surface area contributed by atoms with Gasteiger partial charge in [0.05, 0.1) is 6.20 Å². The van der Waals surface area contributed by atoms with E-state index in [0.717, 1.165) is 49.9 Å². The molecule has 3 heteroatoms. The number of nitrogens with zero attached hydrogens (tertiary/aromatic N) is 1. The number of aryl methyl sites for hydroxylation is 1. The highest BCUT2D eigenvalue weighted by Crippen LogP contribution is 2.32. The Morgan fingerprint density at radius 2 is 2.31 bits per heavy atom. The third-order valence-corrected chi connectivity index (χ3v) is 2.96. The zero-order valence-electron chi connectivity index (χ0n) is 10.2. The molecule has 1 saturated carbocycles. The minimum Gasteiger partial charge on any atom is -0.446 e. The molecule has 1 fully saturated rings. The van der Waals surface area contributed by atoms with Crippen molar-refractivity contribution in [2.45, 2.75) is 45.4 Å². The molecule has 0 amide bonds. The monoisotopic (exact) mass is 222 g/mol. The highest BCUT2D eigenvalue weighted by atomic mass is 16.4. The lowest BCUT2D eigenvalue weighted by atomic mass is 10.2. The summed E-state index contributed by atoms with van der Waals surface area (Å²) in [4.78, 5) is 4.32. The second-order valence-electron chi connectivity index (χ2n) is 4.72. The van der Waals surface area contributed by atoms with Gasteiger partial charge in [0.25, 0.3) is 0 Å². The predicted molar refractivity (Wildman–Crippen MR) is 64.4 cm³/mol. The van der Waals surface area contributed by atoms with Crippen molar-refractivity contribution in [2.24, 2.45) is 5.92 Å². The molecule has 0 atom stereocenters. The summed E-state index contributed by atoms with van der Waals surface area (Å²) in [6.07, 6.45) is 9.03. The van der Waals surface area contributed by atoms with Crippen LogP contribution in [-0.4, -0.2) is 18.1 Å². The molecule has 0 radical (unpaired) electrons. The molecule has 0 saturated heterocycles. The number of hydrogen-bond donors (Lipinski definition) is 1. The van der Waals surface area contributed by atoms with Crippen molar-refractivity contribution < 1.29 is 4.42 Å². The van der Waals surface area contributed by atoms with Gasteiger partial charge in [0.15, 0.2) is 5.89 Å². The number of nitrogens with one attached hydrogen (secondary N) is 1. The van der Waals surface area contributed by atoms with Gasteiger partial charge in [0.1, 0.15) is 5.76 Å². The molecule has 90 valence electrons. The van der Waals surface area contributed by atoms with Gasteiger partial charge >= 0.3 is 0 Å². The van der Waals surface area contributed by atoms with Gasteiger partial charge in [-0.3, -0.25) is 0 Å². The summed E-state index contributed by atoms with van der Waals surface area (Å²) in [6, 6.07) is 0. The zero-order chi connectivity index (χ0) is 11.2. The molecule has 0 aromatic carbocycles. The Balaban J connectivity index is 1.62. The fraction of sp³-hybridized carbons (Fsp3) is 0.769. The first-order chi connectivity index (χ1) is 7.88. The number of rotatable bonds is 8. The Kier molecular flexibility index (Phi) is 4.40. The van der Waals surface area contributed by atoms with Crippen molar-refractivity contribution in [3.05, 3.63) is 17.8 Å². The maximum absolute atomic E-state index is 5.70. The molecule has 1 aromatic rings. The van der Waals surface area contributed by atoms with Crippen molar-refractivity contribution in [3.63, 3.8) is 0 Å². The van der Waals surface area contributed by atoms with Gasteiger partial charge in [0, 0.05) is 12.8 Å². The Morgan fingerprint density at radius 3 is 3.06 bits per heavy atom. The van der Waals surface area contributed by atoms with Gasteiger partial charge in [-0.05, 0) is 44.7 Å². The summed E-state index contributed by atoms with van der Waals surface area (Å²) in [5.74, 6) is 2.87. The number of aromatic nitrogens is 1. The molecule has 1 aromatic heterocycles. The van der Waals surface area contributed by atoms with Crippen molar-refractivity contribution in [2.75, 3.05) is 13.1 Å². The van der Waals surface area contributed by atoms with E-state index in [-0.39, 0.29) is 0 Å². The SMILES string of the molecule is CCCNCCCc1ncc(CC2CC2)o1. The molecule has 0 spiro atoms. The normalized spacial score (nSPS) is 15.6. The first-order valence-electron chi connectivity index (χ1n) is 6.52. The van der Waals surface area contributed by atoms with E-state index in [1.807, 2.05) is 6.20 Å². The number of oxazole rings is 1. The second-order valence-corrected chi connectivity index (χ2v) is 4.72. The second kappa shape index (κ2) is 6.04. The van der Waals surface area contributed by atoms with Gasteiger partial charge in [-0.25, -0.2) is 4.98 Å². The van der Waals surface area contributed by atoms with Crippen LogP contribution in [-0.2, 0) is 12.8 Å². The van der Waals surface area contributed by atoms with E-state index in [1.54, 1.807) is 0 Å². The van der Waals surface area contributed by atoms with Crippen LogP contribution in [0.3, 0.4) is 0 Å². The molecule has 3 nitrogen and oxygen atoms in total. The van der Waals surface area contributed by atoms with Crippen molar-refractivity contribution in [3.8, 4) is 0 Å². The summed E-state index contributed by atoms with van der Waals surface area (Å²) in [7, 11) is 0. The Hall–Kier alpha value is -0.830. The Bertz CT molecular complexity index is 305. The standard InChI is InChI=1S/C13H22N2O/c1-2-7-14-8-3-4-13-15-10-12(16-13)9-11-5-6-11/h10-11,14H,2-9H2,1H3. The zero-order valence-corrected chi connectivity index (χ0v) is 10.2. The Morgan fingerprint density at radius 1 is 1.44 bits per heavy atom. The van der Waals surface area contributed by atoms with Gasteiger partial charge in [-0.1, -0.05) is 6.92 Å². The molecule has 0 bridgehead atoms. The largest absolute Gasteiger partial charge is 0.446 e. The molecule has 0 aliphatic heterocycles. The van der Waals surface area contributed by atoms with E-state index in [2.05, 4.69) is 17.2 Å². The topological polar surface area (TPSA) is 38.1 Å². The first kappa shape index (κ1) is 11.6. The molecule has 1 aliphatic carbocycles. The van der Waals surface area contributed by atoms with Crippen LogP contribution >= 0.6 is 0 Å². The lowest BCUT2D eigenvalue weighted by Crippen LogP contribution is -2.16. The highest BCUT2D eigenvalue weighted by Gasteiger charge is 2.23. The van der Waals surface area contributed by atoms with Gasteiger partial charge in [-0.15, -0.1) is 0 Å². The average Bonchev–Trinajstić information content (AvgIpc) is 2.98. The van der Waals surface area contributed by atoms with E-state index < -0.39 is 0 Å². The first-order valence-corrected chi connectivity index (χ1v) is 6.52. The molecule has 0 unspecified atom stereocenters. The molecule has 1 N–H and O–H groups in total. The van der Waals surface area contributed by atoms with Crippen LogP contribution in [0.5, 0.6) is 0 Å². The van der Waals surface area contributed by atoms with E-state index in [0.29, 0.717) is 0 Å². The lowest BCUT2D eigenvalue weighted by Gasteiger charge is -2.00. The quantitative estimate of drug-likeness (QED) is 0.687. The minimum atomic E-state index is 0.882. The molecular formula is C13H22N2O. The van der Waals surface area contributed by atoms with E-state index >= 15 is 0 Å². The van der Waals surface area contributed by atoms with Gasteiger partial charge in [-0.2, -0.15) is 0 Å². The highest BCUT2D eigenvalue weighted by molar-refractivity contribution is 4.98. The third kappa shape index (κ3) is 3.97. The van der Waals surface area contributed by atoms with Crippen molar-refractivity contribution >= 4 is 0 Å². The summed E-state index contributed by atoms with van der Waals surface area (Å²) < 4.78 is 5.70. The molecular weight excluding hydrogens is 200 g/mol. The van der Waals surface area contributed by atoms with Crippen LogP contribution in [0.15, 0.2) is 10.6 Å². The fourth-order valence-corrected chi connectivity index (χ4v) is 1.83. The fourth-order valence-electron chi connectivity index (χ4n) is 1.83. The van der Waals surface area contributed by atoms with E-state index in [4.69, 9.17) is 4.42 Å². The average molecular weight is 222 g/mol. The predicted octanol–water partition coefficient (Wildman–Crippen LogP) is 2.56. The van der Waals surface area contributed by atoms with Gasteiger partial charge < -0.3 is 9.73 Å². The third-order valence-electron chi connectivity index (χ3n) is 2.96. The summed E-state index contributed by atoms with van der Waals surface area (Å²) >= 11 is 0. The summed E-state index contributed by atoms with van der Waals surface area (Å²) in [5.41, 5.74) is 0. The van der Waals surface area contributed by atoms with Crippen molar-refractivity contribution in [1.29, 1.82) is 0 Å².